The van der Waals surface area contributed by atoms with Crippen LogP contribution >= 0.6 is 0 Å². The van der Waals surface area contributed by atoms with E-state index in [4.69, 9.17) is 9.47 Å². The highest BCUT2D eigenvalue weighted by Gasteiger charge is 2.19. The van der Waals surface area contributed by atoms with Crippen molar-refractivity contribution >= 4 is 18.0 Å². The van der Waals surface area contributed by atoms with Gasteiger partial charge in [0.25, 0.3) is 11.8 Å². The Morgan fingerprint density at radius 1 is 1.07 bits per heavy atom. The number of hydrogen-bond donors (Lipinski definition) is 2. The monoisotopic (exact) mass is 383 g/mol. The fourth-order valence-corrected chi connectivity index (χ4v) is 2.41. The molecule has 0 aromatic heterocycles. The highest BCUT2D eigenvalue weighted by molar-refractivity contribution is 5.85. The lowest BCUT2D eigenvalue weighted by molar-refractivity contribution is -0.131. The van der Waals surface area contributed by atoms with Gasteiger partial charge in [-0.2, -0.15) is 5.10 Å². The van der Waals surface area contributed by atoms with Gasteiger partial charge >= 0.3 is 0 Å². The van der Waals surface area contributed by atoms with Gasteiger partial charge in [0.05, 0.1) is 6.21 Å². The summed E-state index contributed by atoms with van der Waals surface area (Å²) in [7, 11) is 1.47. The summed E-state index contributed by atoms with van der Waals surface area (Å²) in [6, 6.07) is 16.3. The first-order chi connectivity index (χ1) is 13.5. The number of carbonyl (C=O) groups excluding carboxylic acids is 2. The molecule has 0 aliphatic rings. The van der Waals surface area contributed by atoms with Gasteiger partial charge in [0.2, 0.25) is 0 Å². The second kappa shape index (κ2) is 10.8. The zero-order valence-electron chi connectivity index (χ0n) is 16.2. The highest BCUT2D eigenvalue weighted by atomic mass is 16.5. The Morgan fingerprint density at radius 3 is 2.36 bits per heavy atom. The summed E-state index contributed by atoms with van der Waals surface area (Å²) in [6.07, 6.45) is 0.788. The molecule has 148 valence electrons. The zero-order valence-corrected chi connectivity index (χ0v) is 16.2. The number of nitrogens with zero attached hydrogens (tertiary/aromatic N) is 1. The van der Waals surface area contributed by atoms with E-state index in [2.05, 4.69) is 15.8 Å². The summed E-state index contributed by atoms with van der Waals surface area (Å²) in [5, 5.41) is 6.72. The van der Waals surface area contributed by atoms with Crippen molar-refractivity contribution < 1.29 is 19.1 Å². The number of carbonyl (C=O) groups is 2. The number of hydrogen-bond acceptors (Lipinski definition) is 5. The average Bonchev–Trinajstić information content (AvgIpc) is 2.68. The van der Waals surface area contributed by atoms with Crippen molar-refractivity contribution in [1.82, 2.24) is 10.7 Å². The highest BCUT2D eigenvalue weighted by Crippen LogP contribution is 2.16. The third-order valence-electron chi connectivity index (χ3n) is 3.66. The molecule has 0 radical (unpaired) electrons. The van der Waals surface area contributed by atoms with Gasteiger partial charge in [-0.3, -0.25) is 9.59 Å². The number of ether oxygens (including phenoxy) is 2. The minimum absolute atomic E-state index is 0.0421. The third-order valence-corrected chi connectivity index (χ3v) is 3.66. The van der Waals surface area contributed by atoms with Crippen LogP contribution < -0.4 is 15.5 Å². The van der Waals surface area contributed by atoms with Gasteiger partial charge in [-0.1, -0.05) is 30.3 Å². The van der Waals surface area contributed by atoms with Crippen LogP contribution in [0.25, 0.3) is 0 Å². The van der Waals surface area contributed by atoms with Gasteiger partial charge in [-0.05, 0) is 49.2 Å². The molecule has 0 unspecified atom stereocenters. The average molecular weight is 383 g/mol. The van der Waals surface area contributed by atoms with Gasteiger partial charge in [0.15, 0.2) is 12.7 Å². The van der Waals surface area contributed by atoms with Gasteiger partial charge in [0.1, 0.15) is 5.75 Å². The number of nitrogens with one attached hydrogen (secondary N) is 2. The van der Waals surface area contributed by atoms with Gasteiger partial charge in [0, 0.05) is 13.2 Å². The molecule has 1 atom stereocenters. The minimum atomic E-state index is -0.730. The maximum Gasteiger partial charge on any atom is 0.273 e. The van der Waals surface area contributed by atoms with Crippen LogP contribution in [0.1, 0.15) is 31.1 Å². The van der Waals surface area contributed by atoms with E-state index in [0.29, 0.717) is 5.75 Å². The number of methoxy groups -OCH3 is 1. The van der Waals surface area contributed by atoms with Crippen molar-refractivity contribution in [1.29, 1.82) is 0 Å². The van der Waals surface area contributed by atoms with E-state index in [9.17, 15) is 9.59 Å². The summed E-state index contributed by atoms with van der Waals surface area (Å²) in [6.45, 7) is 3.73. The normalized spacial score (nSPS) is 12.0. The van der Waals surface area contributed by atoms with E-state index < -0.39 is 6.10 Å². The van der Waals surface area contributed by atoms with Crippen LogP contribution in [0.3, 0.4) is 0 Å². The van der Waals surface area contributed by atoms with E-state index in [1.54, 1.807) is 24.3 Å². The molecule has 0 spiro atoms. The van der Waals surface area contributed by atoms with E-state index >= 15 is 0 Å². The maximum absolute atomic E-state index is 12.2. The molecule has 28 heavy (non-hydrogen) atoms. The minimum Gasteiger partial charge on any atom is -0.484 e. The molecule has 0 bridgehead atoms. The molecule has 0 heterocycles. The SMILES string of the molecule is CO[C@@H](C(=O)N/N=C\c1ccc(OCC(=O)NC(C)C)cc1)c1ccccc1. The lowest BCUT2D eigenvalue weighted by Gasteiger charge is -2.13. The van der Waals surface area contributed by atoms with Crippen LogP contribution in [-0.4, -0.2) is 37.8 Å². The fourth-order valence-electron chi connectivity index (χ4n) is 2.41. The Bertz CT molecular complexity index is 789. The van der Waals surface area contributed by atoms with Crippen molar-refractivity contribution in [2.45, 2.75) is 26.0 Å². The zero-order chi connectivity index (χ0) is 20.4. The Hall–Kier alpha value is -3.19. The van der Waals surface area contributed by atoms with E-state index in [0.717, 1.165) is 11.1 Å². The fraction of sp³-hybridized carbons (Fsp3) is 0.286. The third kappa shape index (κ3) is 6.85. The Labute approximate surface area is 164 Å². The molecule has 2 rings (SSSR count). The second-order valence-corrected chi connectivity index (χ2v) is 6.34. The molecule has 0 saturated carbocycles. The summed E-state index contributed by atoms with van der Waals surface area (Å²) in [5.74, 6) is 0.0409. The molecule has 2 aromatic carbocycles. The number of amides is 2. The molecular formula is C21H25N3O4. The Balaban J connectivity index is 1.85. The topological polar surface area (TPSA) is 89.0 Å². The van der Waals surface area contributed by atoms with Crippen molar-refractivity contribution in [3.63, 3.8) is 0 Å². The molecule has 7 nitrogen and oxygen atoms in total. The Morgan fingerprint density at radius 2 is 1.75 bits per heavy atom. The van der Waals surface area contributed by atoms with Crippen molar-refractivity contribution in [2.24, 2.45) is 5.10 Å². The van der Waals surface area contributed by atoms with Gasteiger partial charge < -0.3 is 14.8 Å². The molecule has 7 heteroatoms. The van der Waals surface area contributed by atoms with Crippen LogP contribution in [0.4, 0.5) is 0 Å². The van der Waals surface area contributed by atoms with Crippen molar-refractivity contribution in [3.8, 4) is 5.75 Å². The van der Waals surface area contributed by atoms with Crippen LogP contribution in [0, 0.1) is 0 Å². The van der Waals surface area contributed by atoms with Crippen LogP contribution in [-0.2, 0) is 14.3 Å². The largest absolute Gasteiger partial charge is 0.484 e. The predicted octanol–water partition coefficient (Wildman–Crippen LogP) is 2.43. The summed E-state index contributed by atoms with van der Waals surface area (Å²) < 4.78 is 10.7. The quantitative estimate of drug-likeness (QED) is 0.514. The lowest BCUT2D eigenvalue weighted by Crippen LogP contribution is -2.34. The molecule has 0 aliphatic carbocycles. The first kappa shape index (κ1) is 21.1. The molecule has 0 saturated heterocycles. The summed E-state index contributed by atoms with van der Waals surface area (Å²) >= 11 is 0. The van der Waals surface area contributed by atoms with E-state index in [1.165, 1.54) is 13.3 Å². The smallest absolute Gasteiger partial charge is 0.273 e. The lowest BCUT2D eigenvalue weighted by atomic mass is 10.1. The summed E-state index contributed by atoms with van der Waals surface area (Å²) in [5.41, 5.74) is 4.00. The first-order valence-electron chi connectivity index (χ1n) is 8.92. The van der Waals surface area contributed by atoms with Gasteiger partial charge in [-0.25, -0.2) is 5.43 Å². The van der Waals surface area contributed by atoms with Gasteiger partial charge in [-0.15, -0.1) is 0 Å². The van der Waals surface area contributed by atoms with Crippen LogP contribution in [0.2, 0.25) is 0 Å². The van der Waals surface area contributed by atoms with E-state index in [1.807, 2.05) is 44.2 Å². The molecule has 0 fully saturated rings. The van der Waals surface area contributed by atoms with E-state index in [-0.39, 0.29) is 24.5 Å². The maximum atomic E-state index is 12.2. The van der Waals surface area contributed by atoms with Crippen LogP contribution in [0.5, 0.6) is 5.75 Å². The molecule has 2 amide bonds. The molecule has 0 aliphatic heterocycles. The predicted molar refractivity (Wildman–Crippen MR) is 107 cm³/mol. The van der Waals surface area contributed by atoms with Crippen molar-refractivity contribution in [3.05, 3.63) is 65.7 Å². The summed E-state index contributed by atoms with van der Waals surface area (Å²) in [4.78, 5) is 23.8. The van der Waals surface area contributed by atoms with Crippen molar-refractivity contribution in [2.75, 3.05) is 13.7 Å². The Kier molecular flexibility index (Phi) is 8.17. The van der Waals surface area contributed by atoms with Crippen LogP contribution in [0.15, 0.2) is 59.7 Å². The first-order valence-corrected chi connectivity index (χ1v) is 8.92. The number of rotatable bonds is 9. The number of benzene rings is 2. The second-order valence-electron chi connectivity index (χ2n) is 6.34. The number of hydrazone groups is 1. The molecular weight excluding hydrogens is 358 g/mol. The standard InChI is InChI=1S/C21H25N3O4/c1-15(2)23-19(25)14-28-18-11-9-16(10-12-18)13-22-24-21(26)20(27-3)17-7-5-4-6-8-17/h4-13,15,20H,14H2,1-3H3,(H,23,25)(H,24,26)/b22-13-/t20-/m1/s1. The molecule has 2 N–H and O–H groups in total. The molecule has 2 aromatic rings.